The molecule has 1 N–H and O–H groups in total. The molecular formula is C9H15N3OS. The van der Waals surface area contributed by atoms with Gasteiger partial charge in [0, 0.05) is 18.0 Å². The van der Waals surface area contributed by atoms with Gasteiger partial charge in [0.2, 0.25) is 0 Å². The van der Waals surface area contributed by atoms with E-state index in [4.69, 9.17) is 0 Å². The maximum Gasteiger partial charge on any atom is 0.270 e. The minimum atomic E-state index is -0.0973. The zero-order chi connectivity index (χ0) is 10.6. The molecule has 0 radical (unpaired) electrons. The van der Waals surface area contributed by atoms with Crippen molar-refractivity contribution in [1.82, 2.24) is 15.2 Å². The van der Waals surface area contributed by atoms with Crippen LogP contribution >= 0.6 is 11.3 Å². The second kappa shape index (κ2) is 5.07. The summed E-state index contributed by atoms with van der Waals surface area (Å²) in [6.45, 7) is 2.70. The number of hydrogen-bond donors (Lipinski definition) is 1. The van der Waals surface area contributed by atoms with Gasteiger partial charge in [-0.25, -0.2) is 4.98 Å². The van der Waals surface area contributed by atoms with Crippen molar-refractivity contribution < 1.29 is 4.79 Å². The van der Waals surface area contributed by atoms with Gasteiger partial charge < -0.3 is 10.2 Å². The average Bonchev–Trinajstić information content (AvgIpc) is 2.66. The van der Waals surface area contributed by atoms with Crippen molar-refractivity contribution in [3.63, 3.8) is 0 Å². The Morgan fingerprint density at radius 1 is 1.71 bits per heavy atom. The van der Waals surface area contributed by atoms with Crippen molar-refractivity contribution in [2.45, 2.75) is 13.0 Å². The number of nitrogens with one attached hydrogen (secondary N) is 1. The lowest BCUT2D eigenvalue weighted by Crippen LogP contribution is -2.38. The van der Waals surface area contributed by atoms with Crippen molar-refractivity contribution in [3.05, 3.63) is 16.6 Å². The molecule has 14 heavy (non-hydrogen) atoms. The van der Waals surface area contributed by atoms with Gasteiger partial charge in [0.1, 0.15) is 5.69 Å². The van der Waals surface area contributed by atoms with Crippen molar-refractivity contribution in [1.29, 1.82) is 0 Å². The molecule has 1 unspecified atom stereocenters. The fraction of sp³-hybridized carbons (Fsp3) is 0.556. The molecular weight excluding hydrogens is 198 g/mol. The Labute approximate surface area is 88.0 Å². The zero-order valence-electron chi connectivity index (χ0n) is 8.65. The van der Waals surface area contributed by atoms with Gasteiger partial charge in [0.15, 0.2) is 0 Å². The van der Waals surface area contributed by atoms with Crippen LogP contribution in [-0.2, 0) is 0 Å². The molecule has 5 heteroatoms. The first-order valence-electron chi connectivity index (χ1n) is 4.44. The van der Waals surface area contributed by atoms with Gasteiger partial charge in [-0.3, -0.25) is 4.79 Å². The van der Waals surface area contributed by atoms with Crippen LogP contribution in [0.3, 0.4) is 0 Å². The largest absolute Gasteiger partial charge is 0.349 e. The van der Waals surface area contributed by atoms with Crippen LogP contribution in [-0.4, -0.2) is 42.5 Å². The van der Waals surface area contributed by atoms with E-state index in [0.29, 0.717) is 18.3 Å². The number of aromatic nitrogens is 1. The molecule has 1 atom stereocenters. The normalized spacial score (nSPS) is 12.9. The highest BCUT2D eigenvalue weighted by atomic mass is 32.1. The molecule has 0 saturated carbocycles. The molecule has 1 amide bonds. The number of rotatable bonds is 4. The van der Waals surface area contributed by atoms with E-state index in [9.17, 15) is 4.79 Å². The highest BCUT2D eigenvalue weighted by Gasteiger charge is 2.09. The zero-order valence-corrected chi connectivity index (χ0v) is 9.47. The van der Waals surface area contributed by atoms with Gasteiger partial charge in [-0.05, 0) is 21.0 Å². The van der Waals surface area contributed by atoms with E-state index in [1.165, 1.54) is 11.3 Å². The summed E-state index contributed by atoms with van der Waals surface area (Å²) >= 11 is 1.43. The fourth-order valence-corrected chi connectivity index (χ4v) is 1.37. The molecule has 1 rings (SSSR count). The topological polar surface area (TPSA) is 45.2 Å². The van der Waals surface area contributed by atoms with Crippen molar-refractivity contribution in [3.8, 4) is 0 Å². The van der Waals surface area contributed by atoms with Crippen molar-refractivity contribution >= 4 is 17.2 Å². The van der Waals surface area contributed by atoms with Crippen LogP contribution in [0.4, 0.5) is 0 Å². The van der Waals surface area contributed by atoms with Crippen LogP contribution in [0.25, 0.3) is 0 Å². The van der Waals surface area contributed by atoms with E-state index < -0.39 is 0 Å². The lowest BCUT2D eigenvalue weighted by molar-refractivity contribution is 0.0939. The predicted molar refractivity (Wildman–Crippen MR) is 57.6 cm³/mol. The molecule has 4 nitrogen and oxygen atoms in total. The minimum absolute atomic E-state index is 0.0973. The van der Waals surface area contributed by atoms with E-state index in [-0.39, 0.29) is 5.91 Å². The van der Waals surface area contributed by atoms with E-state index in [1.807, 2.05) is 14.1 Å². The third-order valence-corrected chi connectivity index (χ3v) is 2.69. The molecule has 78 valence electrons. The smallest absolute Gasteiger partial charge is 0.270 e. The van der Waals surface area contributed by atoms with E-state index in [0.717, 1.165) is 0 Å². The molecule has 0 bridgehead atoms. The number of hydrogen-bond acceptors (Lipinski definition) is 4. The first-order valence-corrected chi connectivity index (χ1v) is 5.38. The summed E-state index contributed by atoms with van der Waals surface area (Å²) in [6.07, 6.45) is 0. The molecule has 0 aliphatic carbocycles. The number of amides is 1. The Morgan fingerprint density at radius 3 is 2.93 bits per heavy atom. The van der Waals surface area contributed by atoms with Gasteiger partial charge in [-0.1, -0.05) is 0 Å². The second-order valence-electron chi connectivity index (χ2n) is 3.40. The molecule has 0 fully saturated rings. The van der Waals surface area contributed by atoms with Crippen molar-refractivity contribution in [2.24, 2.45) is 0 Å². The van der Waals surface area contributed by atoms with Gasteiger partial charge in [-0.2, -0.15) is 0 Å². The van der Waals surface area contributed by atoms with Crippen LogP contribution in [0.15, 0.2) is 10.9 Å². The van der Waals surface area contributed by atoms with Gasteiger partial charge in [0.25, 0.3) is 5.91 Å². The third-order valence-electron chi connectivity index (χ3n) is 2.10. The van der Waals surface area contributed by atoms with Crippen LogP contribution in [0, 0.1) is 0 Å². The average molecular weight is 213 g/mol. The third kappa shape index (κ3) is 3.08. The van der Waals surface area contributed by atoms with Crippen LogP contribution in [0.1, 0.15) is 17.4 Å². The standard InChI is InChI=1S/C9H15N3OS/c1-7(12(2)3)4-10-9(13)8-5-14-6-11-8/h5-7H,4H2,1-3H3,(H,10,13). The van der Waals surface area contributed by atoms with E-state index >= 15 is 0 Å². The molecule has 1 heterocycles. The number of carbonyl (C=O) groups excluding carboxylic acids is 1. The molecule has 0 spiro atoms. The number of likely N-dealkylation sites (N-methyl/N-ethyl adjacent to an activating group) is 1. The highest BCUT2D eigenvalue weighted by Crippen LogP contribution is 2.00. The molecule has 1 aromatic heterocycles. The number of nitrogens with zero attached hydrogens (tertiary/aromatic N) is 2. The van der Waals surface area contributed by atoms with Crippen LogP contribution in [0.2, 0.25) is 0 Å². The van der Waals surface area contributed by atoms with Crippen LogP contribution < -0.4 is 5.32 Å². The minimum Gasteiger partial charge on any atom is -0.349 e. The molecule has 0 aliphatic rings. The fourth-order valence-electron chi connectivity index (χ4n) is 0.838. The summed E-state index contributed by atoms with van der Waals surface area (Å²) < 4.78 is 0. The summed E-state index contributed by atoms with van der Waals surface area (Å²) in [5.41, 5.74) is 2.16. The molecule has 0 aromatic carbocycles. The van der Waals surface area contributed by atoms with Gasteiger partial charge >= 0.3 is 0 Å². The van der Waals surface area contributed by atoms with Gasteiger partial charge in [-0.15, -0.1) is 11.3 Å². The van der Waals surface area contributed by atoms with E-state index in [1.54, 1.807) is 10.9 Å². The number of thiazole rings is 1. The highest BCUT2D eigenvalue weighted by molar-refractivity contribution is 7.07. The first-order chi connectivity index (χ1) is 6.61. The van der Waals surface area contributed by atoms with Crippen LogP contribution in [0.5, 0.6) is 0 Å². The lowest BCUT2D eigenvalue weighted by atomic mass is 10.3. The summed E-state index contributed by atoms with van der Waals surface area (Å²) in [5.74, 6) is -0.0973. The quantitative estimate of drug-likeness (QED) is 0.805. The Bertz CT molecular complexity index is 284. The Kier molecular flexibility index (Phi) is 4.03. The summed E-state index contributed by atoms with van der Waals surface area (Å²) in [7, 11) is 3.97. The Hall–Kier alpha value is -0.940. The molecule has 0 aliphatic heterocycles. The second-order valence-corrected chi connectivity index (χ2v) is 4.12. The lowest BCUT2D eigenvalue weighted by Gasteiger charge is -2.19. The molecule has 1 aromatic rings. The summed E-state index contributed by atoms with van der Waals surface area (Å²) in [5, 5.41) is 4.58. The maximum atomic E-state index is 11.4. The van der Waals surface area contributed by atoms with Gasteiger partial charge in [0.05, 0.1) is 5.51 Å². The summed E-state index contributed by atoms with van der Waals surface area (Å²) in [6, 6.07) is 0.331. The Morgan fingerprint density at radius 2 is 2.43 bits per heavy atom. The first kappa shape index (κ1) is 11.1. The monoisotopic (exact) mass is 213 g/mol. The maximum absolute atomic E-state index is 11.4. The predicted octanol–water partition coefficient (Wildman–Crippen LogP) is 0.823. The van der Waals surface area contributed by atoms with Crippen molar-refractivity contribution in [2.75, 3.05) is 20.6 Å². The Balaban J connectivity index is 2.36. The molecule has 0 saturated heterocycles. The number of carbonyl (C=O) groups is 1. The SMILES string of the molecule is CC(CNC(=O)c1cscn1)N(C)C. The summed E-state index contributed by atoms with van der Waals surface area (Å²) in [4.78, 5) is 17.4. The van der Waals surface area contributed by atoms with E-state index in [2.05, 4.69) is 22.1 Å².